The molecule has 1 unspecified atom stereocenters. The molecule has 1 fully saturated rings. The molecule has 2 aliphatic rings. The maximum absolute atomic E-state index is 13.0. The van der Waals surface area contributed by atoms with Crippen LogP contribution in [0.25, 0.3) is 43.3 Å². The first kappa shape index (κ1) is 42.7. The summed E-state index contributed by atoms with van der Waals surface area (Å²) in [5.74, 6) is -1.05. The van der Waals surface area contributed by atoms with E-state index in [2.05, 4.69) is 27.3 Å². The molecule has 2 atom stereocenters. The number of pyridine rings is 1. The molecular formula is C45H49N7O9S. The smallest absolute Gasteiger partial charge is 0.329 e. The Labute approximate surface area is 360 Å². The molecule has 2 aliphatic heterocycles. The highest BCUT2D eigenvalue weighted by molar-refractivity contribution is 7.21. The van der Waals surface area contributed by atoms with Gasteiger partial charge in [-0.25, -0.2) is 9.78 Å². The van der Waals surface area contributed by atoms with Crippen LogP contribution in [0, 0.1) is 0 Å². The number of anilines is 1. The Balaban J connectivity index is 0.676. The van der Waals surface area contributed by atoms with Crippen LogP contribution in [0.3, 0.4) is 0 Å². The fraction of sp³-hybridized carbons (Fsp3) is 0.378. The highest BCUT2D eigenvalue weighted by Crippen LogP contribution is 2.41. The van der Waals surface area contributed by atoms with E-state index in [1.54, 1.807) is 7.05 Å². The number of imidazole rings is 1. The number of nitrogens with zero attached hydrogens (tertiary/aromatic N) is 3. The van der Waals surface area contributed by atoms with Crippen molar-refractivity contribution in [1.82, 2.24) is 30.1 Å². The van der Waals surface area contributed by atoms with E-state index in [0.29, 0.717) is 81.5 Å². The van der Waals surface area contributed by atoms with E-state index in [9.17, 15) is 24.0 Å². The summed E-state index contributed by atoms with van der Waals surface area (Å²) in [7, 11) is 1.67. The van der Waals surface area contributed by atoms with Gasteiger partial charge in [-0.3, -0.25) is 33.6 Å². The molecule has 324 valence electrons. The number of aryl methyl sites for hydroxylation is 1. The molecule has 3 aromatic heterocycles. The lowest BCUT2D eigenvalue weighted by atomic mass is 10.0. The molecular weight excluding hydrogens is 815 g/mol. The zero-order valence-corrected chi connectivity index (χ0v) is 35.4. The molecule has 62 heavy (non-hydrogen) atoms. The second-order valence-electron chi connectivity index (χ2n) is 15.4. The lowest BCUT2D eigenvalue weighted by Crippen LogP contribution is -2.44. The van der Waals surface area contributed by atoms with E-state index >= 15 is 0 Å². The molecule has 0 aliphatic carbocycles. The number of aromatic nitrogens is 3. The van der Waals surface area contributed by atoms with Crippen LogP contribution in [-0.2, 0) is 53.3 Å². The molecule has 4 amide bonds. The molecule has 16 nitrogen and oxygen atoms in total. The van der Waals surface area contributed by atoms with Crippen LogP contribution in [0.1, 0.15) is 46.6 Å². The molecule has 0 bridgehead atoms. The minimum atomic E-state index is -0.714. The number of rotatable bonds is 18. The Kier molecular flexibility index (Phi) is 13.3. The van der Waals surface area contributed by atoms with Gasteiger partial charge < -0.3 is 34.9 Å². The van der Waals surface area contributed by atoms with E-state index in [4.69, 9.17) is 23.9 Å². The largest absolute Gasteiger partial charge is 0.381 e. The van der Waals surface area contributed by atoms with Gasteiger partial charge in [0, 0.05) is 53.6 Å². The number of thiophene rings is 1. The maximum Gasteiger partial charge on any atom is 0.329 e. The zero-order chi connectivity index (χ0) is 43.2. The lowest BCUT2D eigenvalue weighted by Gasteiger charge is -2.21. The van der Waals surface area contributed by atoms with Gasteiger partial charge in [-0.2, -0.15) is 0 Å². The minimum Gasteiger partial charge on any atom is -0.381 e. The summed E-state index contributed by atoms with van der Waals surface area (Å²) in [5.41, 5.74) is 6.53. The van der Waals surface area contributed by atoms with Crippen LogP contribution in [-0.4, -0.2) is 103 Å². The molecule has 6 aromatic rings. The zero-order valence-electron chi connectivity index (χ0n) is 34.6. The number of hydrogen-bond donors (Lipinski definition) is 4. The Bertz CT molecular complexity index is 2690. The molecule has 17 heteroatoms. The summed E-state index contributed by atoms with van der Waals surface area (Å²) in [4.78, 5) is 67.8. The van der Waals surface area contributed by atoms with Crippen LogP contribution < -0.4 is 27.0 Å². The number of fused-ring (bicyclic) bond motifs is 6. The van der Waals surface area contributed by atoms with Gasteiger partial charge in [-0.1, -0.05) is 30.3 Å². The quantitative estimate of drug-likeness (QED) is 0.0715. The van der Waals surface area contributed by atoms with Gasteiger partial charge in [0.05, 0.1) is 74.2 Å². The summed E-state index contributed by atoms with van der Waals surface area (Å²) in [6.07, 6.45) is 1.12. The average Bonchev–Trinajstić information content (AvgIpc) is 3.72. The number of hydrogen-bond acceptors (Lipinski definition) is 12. The van der Waals surface area contributed by atoms with Crippen LogP contribution in [0.5, 0.6) is 0 Å². The summed E-state index contributed by atoms with van der Waals surface area (Å²) < 4.78 is 26.4. The standard InChI is InChI=1S/C45H49N7O9S/c1-27-24-47-41-40-31-8-9-32(49-33(31)10-13-37(40)62-42(41)44(56)48-27)30-6-3-29(4-7-30)25-46-39(54)26-61-22-21-60-20-19-59-18-17-58-16-15-28-5-11-34-36(23-28)51(2)45(57)52(34)35-12-14-38(53)50-43(35)55/h3-11,13,23,27,35,47H,12,14-22,24-26H2,1-2H3,(H,46,54)(H,48,56)(H,50,53,55)/t27-,35?/m1/s1. The van der Waals surface area contributed by atoms with Crippen molar-refractivity contribution >= 4 is 72.7 Å². The number of amides is 4. The Morgan fingerprint density at radius 1 is 0.855 bits per heavy atom. The summed E-state index contributed by atoms with van der Waals surface area (Å²) >= 11 is 1.49. The number of benzene rings is 3. The third kappa shape index (κ3) is 9.56. The normalized spacial score (nSPS) is 16.6. The van der Waals surface area contributed by atoms with Crippen molar-refractivity contribution < 1.29 is 38.1 Å². The lowest BCUT2D eigenvalue weighted by molar-refractivity contribution is -0.135. The van der Waals surface area contributed by atoms with E-state index in [-0.39, 0.29) is 49.1 Å². The molecule has 1 saturated heterocycles. The van der Waals surface area contributed by atoms with E-state index < -0.39 is 11.9 Å². The monoisotopic (exact) mass is 863 g/mol. The van der Waals surface area contributed by atoms with Crippen LogP contribution in [0.2, 0.25) is 0 Å². The van der Waals surface area contributed by atoms with Gasteiger partial charge in [0.15, 0.2) is 0 Å². The first-order chi connectivity index (χ1) is 30.1. The van der Waals surface area contributed by atoms with Gasteiger partial charge >= 0.3 is 5.69 Å². The highest BCUT2D eigenvalue weighted by atomic mass is 32.1. The Morgan fingerprint density at radius 2 is 1.58 bits per heavy atom. The van der Waals surface area contributed by atoms with Crippen molar-refractivity contribution in [2.75, 3.05) is 64.7 Å². The van der Waals surface area contributed by atoms with E-state index in [1.807, 2.05) is 67.6 Å². The van der Waals surface area contributed by atoms with Crippen molar-refractivity contribution in [2.24, 2.45) is 7.05 Å². The number of imide groups is 1. The first-order valence-electron chi connectivity index (χ1n) is 20.8. The van der Waals surface area contributed by atoms with E-state index in [0.717, 1.165) is 49.1 Å². The van der Waals surface area contributed by atoms with Crippen LogP contribution in [0.4, 0.5) is 5.69 Å². The molecule has 5 heterocycles. The molecule has 0 spiro atoms. The SMILES string of the molecule is C[C@@H]1CNc2c(sc3ccc4nc(-c5ccc(CNC(=O)COCCOCCOCCOCCc6ccc7c(c6)n(C)c(=O)n7C6CCC(=O)NC6=O)cc5)ccc4c23)C(=O)N1. The first-order valence-corrected chi connectivity index (χ1v) is 21.6. The third-order valence-electron chi connectivity index (χ3n) is 11.0. The fourth-order valence-electron chi connectivity index (χ4n) is 7.74. The summed E-state index contributed by atoms with van der Waals surface area (Å²) in [6.45, 7) is 5.62. The van der Waals surface area contributed by atoms with Crippen molar-refractivity contribution in [2.45, 2.75) is 44.8 Å². The summed E-state index contributed by atoms with van der Waals surface area (Å²) in [5, 5.41) is 13.7. The molecule has 0 saturated carbocycles. The van der Waals surface area contributed by atoms with Gasteiger partial charge in [0.1, 0.15) is 17.5 Å². The van der Waals surface area contributed by atoms with Gasteiger partial charge in [-0.05, 0) is 67.3 Å². The van der Waals surface area contributed by atoms with Crippen molar-refractivity contribution in [1.29, 1.82) is 0 Å². The second kappa shape index (κ2) is 19.4. The molecule has 0 radical (unpaired) electrons. The van der Waals surface area contributed by atoms with Gasteiger partial charge in [-0.15, -0.1) is 11.3 Å². The topological polar surface area (TPSA) is 193 Å². The number of piperidine rings is 1. The molecule has 3 aromatic carbocycles. The minimum absolute atomic E-state index is 0.0409. The number of carbonyl (C=O) groups is 4. The highest BCUT2D eigenvalue weighted by Gasteiger charge is 2.31. The van der Waals surface area contributed by atoms with Crippen LogP contribution in [0.15, 0.2) is 71.5 Å². The third-order valence-corrected chi connectivity index (χ3v) is 12.1. The van der Waals surface area contributed by atoms with Gasteiger partial charge in [0.2, 0.25) is 17.7 Å². The number of carbonyl (C=O) groups excluding carboxylic acids is 4. The Morgan fingerprint density at radius 3 is 2.34 bits per heavy atom. The average molecular weight is 864 g/mol. The second-order valence-corrected chi connectivity index (χ2v) is 16.4. The van der Waals surface area contributed by atoms with Crippen LogP contribution >= 0.6 is 11.3 Å². The number of ether oxygens (including phenoxy) is 4. The fourth-order valence-corrected chi connectivity index (χ4v) is 8.84. The molecule has 4 N–H and O–H groups in total. The van der Waals surface area contributed by atoms with Crippen molar-refractivity contribution in [3.05, 3.63) is 93.2 Å². The van der Waals surface area contributed by atoms with E-state index in [1.165, 1.54) is 20.5 Å². The Hall–Kier alpha value is -5.98. The molecule has 8 rings (SSSR count). The van der Waals surface area contributed by atoms with Crippen molar-refractivity contribution in [3.63, 3.8) is 0 Å². The van der Waals surface area contributed by atoms with Gasteiger partial charge in [0.25, 0.3) is 5.91 Å². The maximum atomic E-state index is 13.0. The predicted molar refractivity (Wildman–Crippen MR) is 235 cm³/mol. The number of nitrogens with one attached hydrogen (secondary N) is 4. The predicted octanol–water partition coefficient (Wildman–Crippen LogP) is 4.22. The van der Waals surface area contributed by atoms with Crippen molar-refractivity contribution in [3.8, 4) is 11.3 Å². The summed E-state index contributed by atoms with van der Waals surface area (Å²) in [6, 6.07) is 21.0.